The van der Waals surface area contributed by atoms with Crippen LogP contribution in [0.25, 0.3) is 21.7 Å². The van der Waals surface area contributed by atoms with E-state index in [1.807, 2.05) is 18.2 Å². The van der Waals surface area contributed by atoms with Crippen molar-refractivity contribution in [3.63, 3.8) is 0 Å². The van der Waals surface area contributed by atoms with Gasteiger partial charge in [-0.05, 0) is 18.2 Å². The molecule has 0 spiro atoms. The highest BCUT2D eigenvalue weighted by Crippen LogP contribution is 2.37. The van der Waals surface area contributed by atoms with Gasteiger partial charge in [-0.3, -0.25) is 4.98 Å². The molecule has 20 heavy (non-hydrogen) atoms. The zero-order valence-electron chi connectivity index (χ0n) is 10.6. The minimum atomic E-state index is -0.259. The molecule has 3 aromatic rings. The van der Waals surface area contributed by atoms with E-state index < -0.39 is 0 Å². The van der Waals surface area contributed by atoms with E-state index in [0.29, 0.717) is 12.1 Å². The number of benzene rings is 1. The van der Waals surface area contributed by atoms with Gasteiger partial charge in [0.05, 0.1) is 10.6 Å². The fourth-order valence-electron chi connectivity index (χ4n) is 1.98. The molecular formula is C15H12FN3S. The average molecular weight is 285 g/mol. The first-order chi connectivity index (χ1) is 9.79. The molecule has 3 nitrogen and oxygen atoms in total. The molecule has 0 amide bonds. The van der Waals surface area contributed by atoms with Gasteiger partial charge in [-0.25, -0.2) is 9.37 Å². The average Bonchev–Trinajstić information content (AvgIpc) is 2.93. The smallest absolute Gasteiger partial charge is 0.131 e. The van der Waals surface area contributed by atoms with Gasteiger partial charge in [0.15, 0.2) is 0 Å². The largest absolute Gasteiger partial charge is 0.325 e. The molecule has 0 radical (unpaired) electrons. The summed E-state index contributed by atoms with van der Waals surface area (Å²) in [5.74, 6) is -0.259. The van der Waals surface area contributed by atoms with Crippen molar-refractivity contribution in [1.29, 1.82) is 0 Å². The van der Waals surface area contributed by atoms with Crippen molar-refractivity contribution < 1.29 is 4.39 Å². The second-order valence-electron chi connectivity index (χ2n) is 4.21. The molecule has 0 aliphatic carbocycles. The topological polar surface area (TPSA) is 51.8 Å². The Morgan fingerprint density at radius 1 is 1.15 bits per heavy atom. The molecule has 2 aromatic heterocycles. The number of hydrogen-bond donors (Lipinski definition) is 1. The van der Waals surface area contributed by atoms with E-state index in [-0.39, 0.29) is 5.82 Å². The maximum Gasteiger partial charge on any atom is 0.131 e. The van der Waals surface area contributed by atoms with Crippen molar-refractivity contribution in [2.24, 2.45) is 5.73 Å². The summed E-state index contributed by atoms with van der Waals surface area (Å²) in [5.41, 5.74) is 7.80. The summed E-state index contributed by atoms with van der Waals surface area (Å²) in [5, 5.41) is 0.780. The minimum absolute atomic E-state index is 0.259. The standard InChI is InChI=1S/C15H12FN3S/c16-12-6-2-1-5-11(12)15-14(19-13(8-17)20-15)10-4-3-7-18-9-10/h1-7,9H,8,17H2. The summed E-state index contributed by atoms with van der Waals surface area (Å²) in [6.07, 6.45) is 3.42. The first-order valence-electron chi connectivity index (χ1n) is 6.14. The molecule has 0 saturated heterocycles. The SMILES string of the molecule is NCc1nc(-c2cccnc2)c(-c2ccccc2F)s1. The Morgan fingerprint density at radius 2 is 2.00 bits per heavy atom. The summed E-state index contributed by atoms with van der Waals surface area (Å²) < 4.78 is 14.0. The Balaban J connectivity index is 2.21. The van der Waals surface area contributed by atoms with Crippen LogP contribution >= 0.6 is 11.3 Å². The Kier molecular flexibility index (Phi) is 3.54. The number of nitrogens with zero attached hydrogens (tertiary/aromatic N) is 2. The molecule has 1 aromatic carbocycles. The predicted molar refractivity (Wildman–Crippen MR) is 78.6 cm³/mol. The van der Waals surface area contributed by atoms with Gasteiger partial charge in [0.1, 0.15) is 10.8 Å². The number of nitrogens with two attached hydrogens (primary N) is 1. The lowest BCUT2D eigenvalue weighted by Gasteiger charge is -2.03. The molecule has 0 unspecified atom stereocenters. The third-order valence-electron chi connectivity index (χ3n) is 2.90. The highest BCUT2D eigenvalue weighted by Gasteiger charge is 2.16. The molecule has 0 atom stereocenters. The zero-order valence-corrected chi connectivity index (χ0v) is 11.4. The molecule has 0 saturated carbocycles. The maximum absolute atomic E-state index is 14.0. The molecule has 100 valence electrons. The van der Waals surface area contributed by atoms with Crippen LogP contribution in [0.4, 0.5) is 4.39 Å². The lowest BCUT2D eigenvalue weighted by Crippen LogP contribution is -1.94. The molecule has 0 bridgehead atoms. The van der Waals surface area contributed by atoms with Crippen molar-refractivity contribution in [3.05, 3.63) is 59.6 Å². The highest BCUT2D eigenvalue weighted by atomic mass is 32.1. The van der Waals surface area contributed by atoms with Crippen molar-refractivity contribution in [1.82, 2.24) is 9.97 Å². The van der Waals surface area contributed by atoms with Crippen LogP contribution < -0.4 is 5.73 Å². The number of halogens is 1. The van der Waals surface area contributed by atoms with E-state index in [2.05, 4.69) is 9.97 Å². The van der Waals surface area contributed by atoms with Gasteiger partial charge in [-0.15, -0.1) is 11.3 Å². The van der Waals surface area contributed by atoms with Crippen LogP contribution in [-0.2, 0) is 6.54 Å². The maximum atomic E-state index is 14.0. The summed E-state index contributed by atoms with van der Waals surface area (Å²) in [6.45, 7) is 0.340. The van der Waals surface area contributed by atoms with Gasteiger partial charge >= 0.3 is 0 Å². The molecule has 2 N–H and O–H groups in total. The number of aromatic nitrogens is 2. The van der Waals surface area contributed by atoms with E-state index >= 15 is 0 Å². The third kappa shape index (κ3) is 2.33. The lowest BCUT2D eigenvalue weighted by atomic mass is 10.1. The third-order valence-corrected chi connectivity index (χ3v) is 4.01. The van der Waals surface area contributed by atoms with Crippen LogP contribution in [0.3, 0.4) is 0 Å². The predicted octanol–water partition coefficient (Wildman–Crippen LogP) is 3.47. The molecular weight excluding hydrogens is 273 g/mol. The Morgan fingerprint density at radius 3 is 2.70 bits per heavy atom. The van der Waals surface area contributed by atoms with E-state index in [0.717, 1.165) is 21.1 Å². The normalized spacial score (nSPS) is 10.7. The monoisotopic (exact) mass is 285 g/mol. The second kappa shape index (κ2) is 5.48. The highest BCUT2D eigenvalue weighted by molar-refractivity contribution is 7.15. The molecule has 2 heterocycles. The minimum Gasteiger partial charge on any atom is -0.325 e. The molecule has 0 aliphatic heterocycles. The van der Waals surface area contributed by atoms with E-state index in [9.17, 15) is 4.39 Å². The molecule has 5 heteroatoms. The van der Waals surface area contributed by atoms with E-state index in [1.54, 1.807) is 24.5 Å². The van der Waals surface area contributed by atoms with Crippen LogP contribution in [-0.4, -0.2) is 9.97 Å². The van der Waals surface area contributed by atoms with E-state index in [1.165, 1.54) is 17.4 Å². The van der Waals surface area contributed by atoms with E-state index in [4.69, 9.17) is 5.73 Å². The summed E-state index contributed by atoms with van der Waals surface area (Å²) in [4.78, 5) is 9.38. The summed E-state index contributed by atoms with van der Waals surface area (Å²) >= 11 is 1.42. The summed E-state index contributed by atoms with van der Waals surface area (Å²) in [6, 6.07) is 10.4. The quantitative estimate of drug-likeness (QED) is 0.801. The Bertz CT molecular complexity index is 725. The Labute approximate surface area is 119 Å². The number of hydrogen-bond acceptors (Lipinski definition) is 4. The van der Waals surface area contributed by atoms with Gasteiger partial charge in [0.2, 0.25) is 0 Å². The molecule has 0 fully saturated rings. The fourth-order valence-corrected chi connectivity index (χ4v) is 2.97. The molecule has 3 rings (SSSR count). The van der Waals surface area contributed by atoms with Crippen LogP contribution in [0.5, 0.6) is 0 Å². The number of thiazole rings is 1. The zero-order chi connectivity index (χ0) is 13.9. The van der Waals surface area contributed by atoms with Gasteiger partial charge in [-0.2, -0.15) is 0 Å². The first kappa shape index (κ1) is 12.9. The van der Waals surface area contributed by atoms with Gasteiger partial charge in [0, 0.05) is 30.1 Å². The molecule has 0 aliphatic rings. The number of pyridine rings is 1. The Hall–Kier alpha value is -2.11. The van der Waals surface area contributed by atoms with Crippen LogP contribution in [0, 0.1) is 5.82 Å². The fraction of sp³-hybridized carbons (Fsp3) is 0.0667. The van der Waals surface area contributed by atoms with Crippen molar-refractivity contribution in [2.75, 3.05) is 0 Å². The van der Waals surface area contributed by atoms with Gasteiger partial charge in [-0.1, -0.05) is 18.2 Å². The van der Waals surface area contributed by atoms with Crippen molar-refractivity contribution in [3.8, 4) is 21.7 Å². The van der Waals surface area contributed by atoms with Crippen LogP contribution in [0.1, 0.15) is 5.01 Å². The summed E-state index contributed by atoms with van der Waals surface area (Å²) in [7, 11) is 0. The van der Waals surface area contributed by atoms with Crippen molar-refractivity contribution >= 4 is 11.3 Å². The first-order valence-corrected chi connectivity index (χ1v) is 6.96. The lowest BCUT2D eigenvalue weighted by molar-refractivity contribution is 0.631. The van der Waals surface area contributed by atoms with Crippen LogP contribution in [0.15, 0.2) is 48.8 Å². The van der Waals surface area contributed by atoms with Crippen molar-refractivity contribution in [2.45, 2.75) is 6.54 Å². The van der Waals surface area contributed by atoms with Gasteiger partial charge < -0.3 is 5.73 Å². The second-order valence-corrected chi connectivity index (χ2v) is 5.29. The van der Waals surface area contributed by atoms with Crippen LogP contribution in [0.2, 0.25) is 0 Å². The van der Waals surface area contributed by atoms with Gasteiger partial charge in [0.25, 0.3) is 0 Å². The number of rotatable bonds is 3.